The van der Waals surface area contributed by atoms with Gasteiger partial charge in [-0.05, 0) is 30.3 Å². The molecule has 3 rings (SSSR count). The molecule has 0 fully saturated rings. The molecule has 0 spiro atoms. The summed E-state index contributed by atoms with van der Waals surface area (Å²) < 4.78 is 5.78. The molecule has 1 aromatic heterocycles. The van der Waals surface area contributed by atoms with Gasteiger partial charge in [-0.3, -0.25) is 5.10 Å². The fourth-order valence-corrected chi connectivity index (χ4v) is 1.76. The lowest BCUT2D eigenvalue weighted by Crippen LogP contribution is -1.85. The molecule has 0 aliphatic rings. The van der Waals surface area contributed by atoms with Gasteiger partial charge in [0.2, 0.25) is 0 Å². The molecule has 2 aromatic carbocycles. The van der Waals surface area contributed by atoms with Crippen LogP contribution in [0, 0.1) is 0 Å². The van der Waals surface area contributed by atoms with Crippen LogP contribution in [0.15, 0.2) is 66.9 Å². The van der Waals surface area contributed by atoms with Gasteiger partial charge in [0.15, 0.2) is 0 Å². The van der Waals surface area contributed by atoms with Crippen LogP contribution < -0.4 is 4.74 Å². The van der Waals surface area contributed by atoms with Crippen LogP contribution in [0.5, 0.6) is 11.5 Å². The minimum Gasteiger partial charge on any atom is -0.457 e. The normalized spacial score (nSPS) is 10.2. The van der Waals surface area contributed by atoms with E-state index in [1.165, 1.54) is 0 Å². The van der Waals surface area contributed by atoms with Crippen molar-refractivity contribution >= 4 is 0 Å². The average Bonchev–Trinajstić information content (AvgIpc) is 2.94. The summed E-state index contributed by atoms with van der Waals surface area (Å²) in [6.45, 7) is 0. The number of ether oxygens (including phenoxy) is 1. The molecule has 0 aliphatic carbocycles. The number of nitrogens with one attached hydrogen (secondary N) is 1. The molecule has 0 amide bonds. The maximum absolute atomic E-state index is 5.78. The van der Waals surface area contributed by atoms with Crippen molar-refractivity contribution in [1.82, 2.24) is 10.2 Å². The summed E-state index contributed by atoms with van der Waals surface area (Å²) in [6.07, 6.45) is 1.81. The highest BCUT2D eigenvalue weighted by Gasteiger charge is 2.02. The Bertz CT molecular complexity index is 618. The maximum Gasteiger partial charge on any atom is 0.128 e. The Balaban J connectivity index is 1.88. The molecule has 3 nitrogen and oxygen atoms in total. The third-order valence-corrected chi connectivity index (χ3v) is 2.61. The van der Waals surface area contributed by atoms with Gasteiger partial charge in [-0.1, -0.05) is 30.3 Å². The average molecular weight is 236 g/mol. The molecule has 1 N–H and O–H groups in total. The van der Waals surface area contributed by atoms with Gasteiger partial charge in [-0.15, -0.1) is 0 Å². The second kappa shape index (κ2) is 4.75. The molecular weight excluding hydrogens is 224 g/mol. The van der Waals surface area contributed by atoms with E-state index < -0.39 is 0 Å². The number of nitrogens with zero attached hydrogens (tertiary/aromatic N) is 1. The molecular formula is C15H12N2O. The van der Waals surface area contributed by atoms with Gasteiger partial charge >= 0.3 is 0 Å². The number of aromatic nitrogens is 2. The van der Waals surface area contributed by atoms with Crippen LogP contribution >= 0.6 is 0 Å². The number of hydrogen-bond acceptors (Lipinski definition) is 2. The topological polar surface area (TPSA) is 37.9 Å². The van der Waals surface area contributed by atoms with Crippen molar-refractivity contribution in [1.29, 1.82) is 0 Å². The Morgan fingerprint density at radius 2 is 1.67 bits per heavy atom. The van der Waals surface area contributed by atoms with Gasteiger partial charge in [0.1, 0.15) is 11.5 Å². The van der Waals surface area contributed by atoms with Gasteiger partial charge in [-0.2, -0.15) is 5.10 Å². The zero-order valence-corrected chi connectivity index (χ0v) is 9.71. The number of benzene rings is 2. The van der Waals surface area contributed by atoms with Crippen molar-refractivity contribution in [3.63, 3.8) is 0 Å². The van der Waals surface area contributed by atoms with Crippen LogP contribution in [0.3, 0.4) is 0 Å². The summed E-state index contributed by atoms with van der Waals surface area (Å²) in [7, 11) is 0. The summed E-state index contributed by atoms with van der Waals surface area (Å²) >= 11 is 0. The lowest BCUT2D eigenvalue weighted by atomic mass is 10.1. The molecule has 18 heavy (non-hydrogen) atoms. The van der Waals surface area contributed by atoms with Crippen molar-refractivity contribution in [3.05, 3.63) is 66.9 Å². The number of para-hydroxylation sites is 1. The number of aromatic amines is 1. The largest absolute Gasteiger partial charge is 0.457 e. The molecule has 0 aliphatic heterocycles. The highest BCUT2D eigenvalue weighted by molar-refractivity contribution is 5.60. The minimum atomic E-state index is 0.807. The summed E-state index contributed by atoms with van der Waals surface area (Å²) in [4.78, 5) is 0. The van der Waals surface area contributed by atoms with E-state index in [0.29, 0.717) is 0 Å². The maximum atomic E-state index is 5.78. The fraction of sp³-hybridized carbons (Fsp3) is 0. The van der Waals surface area contributed by atoms with E-state index in [0.717, 1.165) is 22.8 Å². The van der Waals surface area contributed by atoms with Crippen molar-refractivity contribution in [2.45, 2.75) is 0 Å². The molecule has 0 bridgehead atoms. The van der Waals surface area contributed by atoms with Crippen LogP contribution in [-0.4, -0.2) is 10.2 Å². The van der Waals surface area contributed by atoms with Gasteiger partial charge in [-0.25, -0.2) is 0 Å². The summed E-state index contributed by atoms with van der Waals surface area (Å²) in [5.41, 5.74) is 1.94. The van der Waals surface area contributed by atoms with Gasteiger partial charge < -0.3 is 4.74 Å². The Hall–Kier alpha value is -2.55. The predicted octanol–water partition coefficient (Wildman–Crippen LogP) is 3.87. The monoisotopic (exact) mass is 236 g/mol. The van der Waals surface area contributed by atoms with Crippen molar-refractivity contribution in [3.8, 4) is 22.8 Å². The molecule has 0 radical (unpaired) electrons. The quantitative estimate of drug-likeness (QED) is 0.749. The van der Waals surface area contributed by atoms with Crippen LogP contribution in [0.1, 0.15) is 0 Å². The molecule has 3 aromatic rings. The lowest BCUT2D eigenvalue weighted by Gasteiger charge is -2.06. The number of H-pyrrole nitrogens is 1. The second-order valence-corrected chi connectivity index (χ2v) is 3.90. The zero-order chi connectivity index (χ0) is 12.2. The highest BCUT2D eigenvalue weighted by Crippen LogP contribution is 2.25. The molecule has 0 atom stereocenters. The van der Waals surface area contributed by atoms with E-state index in [4.69, 9.17) is 4.74 Å². The Labute approximate surface area is 105 Å². The molecule has 0 saturated carbocycles. The first-order chi connectivity index (χ1) is 8.92. The SMILES string of the molecule is c1ccc(Oc2cccc(-c3cc[nH]n3)c2)cc1. The van der Waals surface area contributed by atoms with Crippen LogP contribution in [0.25, 0.3) is 11.3 Å². The minimum absolute atomic E-state index is 0.807. The summed E-state index contributed by atoms with van der Waals surface area (Å²) in [6, 6.07) is 19.5. The van der Waals surface area contributed by atoms with Gasteiger partial charge in [0, 0.05) is 11.8 Å². The predicted molar refractivity (Wildman–Crippen MR) is 70.5 cm³/mol. The van der Waals surface area contributed by atoms with Crippen molar-refractivity contribution < 1.29 is 4.74 Å². The van der Waals surface area contributed by atoms with Crippen LogP contribution in [0.2, 0.25) is 0 Å². The lowest BCUT2D eigenvalue weighted by molar-refractivity contribution is 0.483. The molecule has 88 valence electrons. The van der Waals surface area contributed by atoms with Gasteiger partial charge in [0.05, 0.1) is 5.69 Å². The second-order valence-electron chi connectivity index (χ2n) is 3.90. The van der Waals surface area contributed by atoms with E-state index in [9.17, 15) is 0 Å². The fourth-order valence-electron chi connectivity index (χ4n) is 1.76. The van der Waals surface area contributed by atoms with Crippen LogP contribution in [-0.2, 0) is 0 Å². The van der Waals surface area contributed by atoms with E-state index in [1.807, 2.05) is 60.7 Å². The van der Waals surface area contributed by atoms with E-state index in [2.05, 4.69) is 10.2 Å². The zero-order valence-electron chi connectivity index (χ0n) is 9.71. The Morgan fingerprint density at radius 1 is 0.833 bits per heavy atom. The first-order valence-electron chi connectivity index (χ1n) is 5.75. The standard InChI is InChI=1S/C15H12N2O/c1-2-6-13(7-3-1)18-14-8-4-5-12(11-14)15-9-10-16-17-15/h1-11H,(H,16,17). The molecule has 0 saturated heterocycles. The van der Waals surface area contributed by atoms with Gasteiger partial charge in [0.25, 0.3) is 0 Å². The Morgan fingerprint density at radius 3 is 2.44 bits per heavy atom. The molecule has 3 heteroatoms. The van der Waals surface area contributed by atoms with Crippen LogP contribution in [0.4, 0.5) is 0 Å². The molecule has 0 unspecified atom stereocenters. The Kier molecular flexibility index (Phi) is 2.80. The first-order valence-corrected chi connectivity index (χ1v) is 5.75. The van der Waals surface area contributed by atoms with E-state index >= 15 is 0 Å². The summed E-state index contributed by atoms with van der Waals surface area (Å²) in [5.74, 6) is 1.64. The number of hydrogen-bond donors (Lipinski definition) is 1. The first kappa shape index (κ1) is 10.6. The number of rotatable bonds is 3. The summed E-state index contributed by atoms with van der Waals surface area (Å²) in [5, 5.41) is 6.96. The third kappa shape index (κ3) is 2.25. The van der Waals surface area contributed by atoms with E-state index in [1.54, 1.807) is 6.20 Å². The molecule has 1 heterocycles. The van der Waals surface area contributed by atoms with Crippen molar-refractivity contribution in [2.75, 3.05) is 0 Å². The van der Waals surface area contributed by atoms with Crippen molar-refractivity contribution in [2.24, 2.45) is 0 Å². The third-order valence-electron chi connectivity index (χ3n) is 2.61. The van der Waals surface area contributed by atoms with E-state index in [-0.39, 0.29) is 0 Å². The smallest absolute Gasteiger partial charge is 0.128 e. The highest BCUT2D eigenvalue weighted by atomic mass is 16.5.